The van der Waals surface area contributed by atoms with Gasteiger partial charge in [0.05, 0.1) is 0 Å². The summed E-state index contributed by atoms with van der Waals surface area (Å²) in [6.07, 6.45) is 0. The van der Waals surface area contributed by atoms with Crippen LogP contribution in [0.3, 0.4) is 0 Å². The molecule has 0 amide bonds. The van der Waals surface area contributed by atoms with E-state index in [9.17, 15) is 0 Å². The van der Waals surface area contributed by atoms with Crippen LogP contribution in [-0.2, 0) is 21.6 Å². The summed E-state index contributed by atoms with van der Waals surface area (Å²) in [5.41, 5.74) is 0. The van der Waals surface area contributed by atoms with Crippen molar-refractivity contribution in [2.24, 2.45) is 0 Å². The minimum absolute atomic E-state index is 0. The molecule has 0 aliphatic heterocycles. The first kappa shape index (κ1) is 23.5. The Morgan fingerprint density at radius 3 is 1.12 bits per heavy atom. The van der Waals surface area contributed by atoms with E-state index in [1.807, 2.05) is 0 Å². The minimum atomic E-state index is -5.39. The van der Waals surface area contributed by atoms with E-state index >= 15 is 0 Å². The average molecular weight is 195 g/mol. The van der Waals surface area contributed by atoms with Gasteiger partial charge >= 0.3 is 17.1 Å². The maximum Gasteiger partial charge on any atom is 2.00 e. The molecular weight excluding hydrogens is 189 g/mol. The summed E-state index contributed by atoms with van der Waals surface area (Å²) in [6, 6.07) is 0. The third kappa shape index (κ3) is 668. The fourth-order valence-electron chi connectivity index (χ4n) is 0. The second kappa shape index (κ2) is 7.55. The third-order valence-corrected chi connectivity index (χ3v) is 0. The molecular formula is H6CuNO5P. The van der Waals surface area contributed by atoms with Crippen molar-refractivity contribution in [3.63, 3.8) is 0 Å². The van der Waals surface area contributed by atoms with Crippen molar-refractivity contribution in [1.82, 2.24) is 6.15 Å². The van der Waals surface area contributed by atoms with Crippen molar-refractivity contribution in [3.8, 4) is 0 Å². The van der Waals surface area contributed by atoms with Gasteiger partial charge in [-0.05, 0) is 0 Å². The SMILES string of the molecule is O.O=P([O-])([O-])[O-].[Cu+2].[NH4+]. The molecule has 0 saturated carbocycles. The van der Waals surface area contributed by atoms with Gasteiger partial charge in [0.15, 0.2) is 0 Å². The van der Waals surface area contributed by atoms with E-state index in [0.717, 1.165) is 0 Å². The zero-order valence-corrected chi connectivity index (χ0v) is 5.72. The fourth-order valence-corrected chi connectivity index (χ4v) is 0. The second-order valence-electron chi connectivity index (χ2n) is 0.447. The minimum Gasteiger partial charge on any atom is -0.822 e. The smallest absolute Gasteiger partial charge is 0.822 e. The third-order valence-electron chi connectivity index (χ3n) is 0. The molecule has 0 aromatic heterocycles. The molecule has 0 bridgehead atoms. The van der Waals surface area contributed by atoms with Gasteiger partial charge in [0.1, 0.15) is 0 Å². The Bertz CT molecular complexity index is 58.6. The van der Waals surface area contributed by atoms with Gasteiger partial charge in [-0.25, -0.2) is 0 Å². The molecule has 8 heavy (non-hydrogen) atoms. The Hall–Kier alpha value is 0.549. The van der Waals surface area contributed by atoms with Crippen LogP contribution in [0, 0.1) is 0 Å². The first-order chi connectivity index (χ1) is 2.00. The maximum atomic E-state index is 8.55. The van der Waals surface area contributed by atoms with E-state index in [1.54, 1.807) is 0 Å². The van der Waals surface area contributed by atoms with Crippen LogP contribution in [0.2, 0.25) is 0 Å². The second-order valence-corrected chi connectivity index (χ2v) is 1.34. The van der Waals surface area contributed by atoms with Gasteiger partial charge in [0.2, 0.25) is 0 Å². The largest absolute Gasteiger partial charge is 2.00 e. The molecule has 6 N–H and O–H groups in total. The van der Waals surface area contributed by atoms with Crippen molar-refractivity contribution in [2.45, 2.75) is 0 Å². The Balaban J connectivity index is -0.0000000267. The monoisotopic (exact) mass is 194 g/mol. The summed E-state index contributed by atoms with van der Waals surface area (Å²) in [5.74, 6) is 0. The van der Waals surface area contributed by atoms with E-state index in [1.165, 1.54) is 0 Å². The maximum absolute atomic E-state index is 8.55. The van der Waals surface area contributed by atoms with Gasteiger partial charge in [0.25, 0.3) is 0 Å². The summed E-state index contributed by atoms with van der Waals surface area (Å²) in [5, 5.41) is 0. The fraction of sp³-hybridized carbons (Fsp3) is 0. The standard InChI is InChI=1S/Cu.H3N.H3O4P.H2O/c;;1-5(2,3)4;/h;1H3;(H3,1,2,3,4);1H2/q+2;;;/p-2. The molecule has 0 aromatic carbocycles. The summed E-state index contributed by atoms with van der Waals surface area (Å²) in [4.78, 5) is 25.6. The predicted octanol–water partition coefficient (Wildman–Crippen LogP) is -3.28. The molecule has 0 atom stereocenters. The Labute approximate surface area is 56.5 Å². The molecule has 6 nitrogen and oxygen atoms in total. The van der Waals surface area contributed by atoms with Crippen molar-refractivity contribution in [3.05, 3.63) is 0 Å². The molecule has 0 saturated heterocycles. The van der Waals surface area contributed by atoms with Crippen molar-refractivity contribution in [2.75, 3.05) is 0 Å². The first-order valence-electron chi connectivity index (χ1n) is 0.730. The van der Waals surface area contributed by atoms with E-state index < -0.39 is 7.82 Å². The first-order valence-corrected chi connectivity index (χ1v) is 2.19. The number of hydrogen-bond donors (Lipinski definition) is 1. The van der Waals surface area contributed by atoms with Crippen LogP contribution < -0.4 is 20.8 Å². The molecule has 1 radical (unpaired) electrons. The zero-order valence-electron chi connectivity index (χ0n) is 3.88. The molecule has 0 aromatic rings. The van der Waals surface area contributed by atoms with Crippen LogP contribution in [0.5, 0.6) is 0 Å². The molecule has 0 aliphatic carbocycles. The van der Waals surface area contributed by atoms with E-state index in [0.29, 0.717) is 0 Å². The van der Waals surface area contributed by atoms with Gasteiger partial charge in [-0.15, -0.1) is 0 Å². The number of rotatable bonds is 0. The predicted molar refractivity (Wildman–Crippen MR) is 17.2 cm³/mol. The Kier molecular flexibility index (Phi) is 22.2. The zero-order chi connectivity index (χ0) is 4.50. The average Bonchev–Trinajstić information content (AvgIpc) is 0.722. The van der Waals surface area contributed by atoms with E-state index in [-0.39, 0.29) is 28.7 Å². The summed E-state index contributed by atoms with van der Waals surface area (Å²) >= 11 is 0. The van der Waals surface area contributed by atoms with Crippen molar-refractivity contribution < 1.29 is 41.8 Å². The van der Waals surface area contributed by atoms with Crippen LogP contribution in [0.15, 0.2) is 0 Å². The molecule has 0 spiro atoms. The molecule has 0 rings (SSSR count). The van der Waals surface area contributed by atoms with Gasteiger partial charge in [-0.1, -0.05) is 0 Å². The van der Waals surface area contributed by atoms with Crippen molar-refractivity contribution >= 4 is 7.82 Å². The number of phosphoric acid groups is 1. The van der Waals surface area contributed by atoms with Crippen LogP contribution in [-0.4, -0.2) is 5.48 Å². The topological polar surface area (TPSA) is 154 Å². The molecule has 57 valence electrons. The van der Waals surface area contributed by atoms with Crippen LogP contribution in [0.25, 0.3) is 0 Å². The summed E-state index contributed by atoms with van der Waals surface area (Å²) in [7, 11) is -5.39. The van der Waals surface area contributed by atoms with Crippen LogP contribution >= 0.6 is 7.82 Å². The van der Waals surface area contributed by atoms with Gasteiger partial charge in [-0.2, -0.15) is 7.82 Å². The van der Waals surface area contributed by atoms with E-state index in [2.05, 4.69) is 0 Å². The Morgan fingerprint density at radius 2 is 1.12 bits per heavy atom. The molecule has 0 heterocycles. The van der Waals surface area contributed by atoms with Crippen molar-refractivity contribution in [1.29, 1.82) is 0 Å². The van der Waals surface area contributed by atoms with E-state index in [4.69, 9.17) is 19.2 Å². The molecule has 0 fully saturated rings. The molecule has 0 aliphatic rings. The number of quaternary nitrogens is 1. The normalized spacial score (nSPS) is 7.38. The van der Waals surface area contributed by atoms with Gasteiger partial charge in [-0.3, -0.25) is 0 Å². The van der Waals surface area contributed by atoms with Crippen LogP contribution in [0.1, 0.15) is 0 Å². The summed E-state index contributed by atoms with van der Waals surface area (Å²) in [6.45, 7) is 0. The number of hydrogen-bond acceptors (Lipinski definition) is 4. The van der Waals surface area contributed by atoms with Gasteiger partial charge < -0.3 is 30.9 Å². The quantitative estimate of drug-likeness (QED) is 0.317. The Morgan fingerprint density at radius 1 is 1.12 bits per heavy atom. The van der Waals surface area contributed by atoms with Gasteiger partial charge in [0, 0.05) is 0 Å². The molecule has 0 unspecified atom stereocenters. The van der Waals surface area contributed by atoms with Crippen LogP contribution in [0.4, 0.5) is 0 Å². The summed E-state index contributed by atoms with van der Waals surface area (Å²) < 4.78 is 8.55. The molecule has 8 heteroatoms.